The maximum absolute atomic E-state index is 12.5. The Morgan fingerprint density at radius 3 is 2.64 bits per heavy atom. The minimum atomic E-state index is -4.37. The molecule has 2 heterocycles. The van der Waals surface area contributed by atoms with Crippen molar-refractivity contribution in [1.82, 2.24) is 10.3 Å². The molecule has 1 N–H and O–H groups in total. The summed E-state index contributed by atoms with van der Waals surface area (Å²) in [5, 5.41) is 3.03. The molecule has 1 unspecified atom stereocenters. The average molecular weight is 313 g/mol. The van der Waals surface area contributed by atoms with E-state index in [-0.39, 0.29) is 17.9 Å². The van der Waals surface area contributed by atoms with E-state index in [9.17, 15) is 18.0 Å². The van der Waals surface area contributed by atoms with Crippen LogP contribution < -0.4 is 10.2 Å². The number of amides is 1. The second-order valence-electron chi connectivity index (χ2n) is 5.97. The highest BCUT2D eigenvalue weighted by Crippen LogP contribution is 2.31. The molecule has 2 aliphatic rings. The summed E-state index contributed by atoms with van der Waals surface area (Å²) in [5.74, 6) is 0.796. The smallest absolute Gasteiger partial charge is 0.355 e. The highest BCUT2D eigenvalue weighted by atomic mass is 19.4. The lowest BCUT2D eigenvalue weighted by molar-refractivity contribution is -0.137. The van der Waals surface area contributed by atoms with Gasteiger partial charge in [0.25, 0.3) is 0 Å². The van der Waals surface area contributed by atoms with Crippen molar-refractivity contribution in [3.63, 3.8) is 0 Å². The number of anilines is 1. The van der Waals surface area contributed by atoms with Gasteiger partial charge in [0.1, 0.15) is 5.82 Å². The van der Waals surface area contributed by atoms with Crippen LogP contribution in [0.3, 0.4) is 0 Å². The molecule has 2 fully saturated rings. The van der Waals surface area contributed by atoms with E-state index in [1.165, 1.54) is 6.07 Å². The minimum absolute atomic E-state index is 0.0472. The van der Waals surface area contributed by atoms with Crippen LogP contribution in [0.2, 0.25) is 0 Å². The Morgan fingerprint density at radius 1 is 1.27 bits per heavy atom. The summed E-state index contributed by atoms with van der Waals surface area (Å²) >= 11 is 0. The van der Waals surface area contributed by atoms with Crippen molar-refractivity contribution >= 4 is 11.7 Å². The van der Waals surface area contributed by atoms with Crippen molar-refractivity contribution in [1.29, 1.82) is 0 Å². The second-order valence-corrected chi connectivity index (χ2v) is 5.97. The fourth-order valence-corrected chi connectivity index (χ4v) is 2.71. The van der Waals surface area contributed by atoms with Gasteiger partial charge in [0.2, 0.25) is 5.91 Å². The van der Waals surface area contributed by atoms with E-state index in [1.807, 2.05) is 4.90 Å². The highest BCUT2D eigenvalue weighted by Gasteiger charge is 2.33. The predicted molar refractivity (Wildman–Crippen MR) is 75.3 cm³/mol. The lowest BCUT2D eigenvalue weighted by Gasteiger charge is -2.34. The SMILES string of the molecule is O=C(NC1CCCN(c2ccc(C(F)(F)F)cn2)C1)C1CC1. The van der Waals surface area contributed by atoms with Crippen LogP contribution >= 0.6 is 0 Å². The summed E-state index contributed by atoms with van der Waals surface area (Å²) in [6.45, 7) is 1.34. The first kappa shape index (κ1) is 15.1. The van der Waals surface area contributed by atoms with Crippen LogP contribution in [0.5, 0.6) is 0 Å². The Bertz CT molecular complexity index is 540. The molecule has 4 nitrogen and oxygen atoms in total. The van der Waals surface area contributed by atoms with Crippen LogP contribution in [0.1, 0.15) is 31.2 Å². The van der Waals surface area contributed by atoms with Gasteiger partial charge in [-0.1, -0.05) is 0 Å². The molecule has 0 spiro atoms. The summed E-state index contributed by atoms with van der Waals surface area (Å²) in [5.41, 5.74) is -0.744. The Kier molecular flexibility index (Phi) is 3.97. The second kappa shape index (κ2) is 5.78. The number of rotatable bonds is 3. The summed E-state index contributed by atoms with van der Waals surface area (Å²) in [6, 6.07) is 2.49. The number of carbonyl (C=O) groups is 1. The fraction of sp³-hybridized carbons (Fsp3) is 0.600. The van der Waals surface area contributed by atoms with Gasteiger partial charge in [-0.05, 0) is 37.8 Å². The van der Waals surface area contributed by atoms with E-state index >= 15 is 0 Å². The molecule has 1 atom stereocenters. The Morgan fingerprint density at radius 2 is 2.05 bits per heavy atom. The molecule has 1 aromatic rings. The van der Waals surface area contributed by atoms with E-state index in [0.29, 0.717) is 12.4 Å². The summed E-state index contributed by atoms with van der Waals surface area (Å²) in [6.07, 6.45) is 0.204. The molecule has 1 saturated carbocycles. The van der Waals surface area contributed by atoms with E-state index in [0.717, 1.165) is 44.5 Å². The largest absolute Gasteiger partial charge is 0.417 e. The highest BCUT2D eigenvalue weighted by molar-refractivity contribution is 5.81. The Hall–Kier alpha value is -1.79. The molecule has 1 aliphatic heterocycles. The third-order valence-electron chi connectivity index (χ3n) is 4.12. The monoisotopic (exact) mass is 313 g/mol. The van der Waals surface area contributed by atoms with Crippen molar-refractivity contribution < 1.29 is 18.0 Å². The molecule has 22 heavy (non-hydrogen) atoms. The Balaban J connectivity index is 1.62. The van der Waals surface area contributed by atoms with Crippen LogP contribution in [0.25, 0.3) is 0 Å². The number of nitrogens with one attached hydrogen (secondary N) is 1. The molecular formula is C15H18F3N3O. The molecule has 7 heteroatoms. The van der Waals surface area contributed by atoms with Gasteiger partial charge >= 0.3 is 6.18 Å². The normalized spacial score (nSPS) is 22.5. The van der Waals surface area contributed by atoms with Gasteiger partial charge in [-0.15, -0.1) is 0 Å². The number of pyridine rings is 1. The van der Waals surface area contributed by atoms with Crippen molar-refractivity contribution in [2.75, 3.05) is 18.0 Å². The van der Waals surface area contributed by atoms with Crippen molar-refractivity contribution in [2.24, 2.45) is 5.92 Å². The lowest BCUT2D eigenvalue weighted by Crippen LogP contribution is -2.48. The van der Waals surface area contributed by atoms with Crippen molar-refractivity contribution in [3.05, 3.63) is 23.9 Å². The fourth-order valence-electron chi connectivity index (χ4n) is 2.71. The number of nitrogens with zero attached hydrogens (tertiary/aromatic N) is 2. The third kappa shape index (κ3) is 3.51. The molecule has 1 saturated heterocycles. The number of halogens is 3. The zero-order valence-electron chi connectivity index (χ0n) is 12.1. The van der Waals surface area contributed by atoms with E-state index in [4.69, 9.17) is 0 Å². The maximum Gasteiger partial charge on any atom is 0.417 e. The quantitative estimate of drug-likeness (QED) is 0.933. The lowest BCUT2D eigenvalue weighted by atomic mass is 10.1. The maximum atomic E-state index is 12.5. The topological polar surface area (TPSA) is 45.2 Å². The number of alkyl halides is 3. The number of piperidine rings is 1. The number of aromatic nitrogens is 1. The zero-order chi connectivity index (χ0) is 15.7. The zero-order valence-corrected chi connectivity index (χ0v) is 12.1. The molecule has 1 aliphatic carbocycles. The Labute approximate surface area is 126 Å². The van der Waals surface area contributed by atoms with Crippen LogP contribution in [-0.2, 0) is 11.0 Å². The standard InChI is InChI=1S/C15H18F3N3O/c16-15(17,18)11-5-6-13(19-8-11)21-7-1-2-12(9-21)20-14(22)10-3-4-10/h5-6,8,10,12H,1-4,7,9H2,(H,20,22). The van der Waals surface area contributed by atoms with Gasteiger partial charge in [-0.2, -0.15) is 13.2 Å². The van der Waals surface area contributed by atoms with E-state index in [1.54, 1.807) is 0 Å². The minimum Gasteiger partial charge on any atom is -0.355 e. The molecule has 0 radical (unpaired) electrons. The van der Waals surface area contributed by atoms with Gasteiger partial charge in [-0.25, -0.2) is 4.98 Å². The van der Waals surface area contributed by atoms with Gasteiger partial charge in [0.15, 0.2) is 0 Å². The summed E-state index contributed by atoms with van der Waals surface area (Å²) in [4.78, 5) is 17.7. The van der Waals surface area contributed by atoms with Crippen LogP contribution in [0, 0.1) is 5.92 Å². The van der Waals surface area contributed by atoms with E-state index in [2.05, 4.69) is 10.3 Å². The third-order valence-corrected chi connectivity index (χ3v) is 4.12. The predicted octanol–water partition coefficient (Wildman–Crippen LogP) is 2.60. The molecule has 120 valence electrons. The van der Waals surface area contributed by atoms with Crippen molar-refractivity contribution in [3.8, 4) is 0 Å². The van der Waals surface area contributed by atoms with Gasteiger partial charge in [-0.3, -0.25) is 4.79 Å². The van der Waals surface area contributed by atoms with Gasteiger partial charge in [0, 0.05) is 31.2 Å². The average Bonchev–Trinajstić information content (AvgIpc) is 3.31. The van der Waals surface area contributed by atoms with Crippen molar-refractivity contribution in [2.45, 2.75) is 37.9 Å². The number of hydrogen-bond donors (Lipinski definition) is 1. The van der Waals surface area contributed by atoms with E-state index < -0.39 is 11.7 Å². The van der Waals surface area contributed by atoms with Crippen LogP contribution in [0.15, 0.2) is 18.3 Å². The number of carbonyl (C=O) groups excluding carboxylic acids is 1. The summed E-state index contributed by atoms with van der Waals surface area (Å²) in [7, 11) is 0. The first-order valence-corrected chi connectivity index (χ1v) is 7.52. The van der Waals surface area contributed by atoms with Crippen LogP contribution in [-0.4, -0.2) is 30.0 Å². The molecule has 0 aromatic carbocycles. The van der Waals surface area contributed by atoms with Crippen LogP contribution in [0.4, 0.5) is 19.0 Å². The molecular weight excluding hydrogens is 295 g/mol. The van der Waals surface area contributed by atoms with Gasteiger partial charge in [0.05, 0.1) is 5.56 Å². The molecule has 0 bridgehead atoms. The number of hydrogen-bond acceptors (Lipinski definition) is 3. The summed E-state index contributed by atoms with van der Waals surface area (Å²) < 4.78 is 37.6. The molecule has 3 rings (SSSR count). The molecule has 1 aromatic heterocycles. The first-order chi connectivity index (χ1) is 10.4. The van der Waals surface area contributed by atoms with Gasteiger partial charge < -0.3 is 10.2 Å². The molecule has 1 amide bonds. The first-order valence-electron chi connectivity index (χ1n) is 7.52.